The predicted molar refractivity (Wildman–Crippen MR) is 209 cm³/mol. The number of hydrogen-bond acceptors (Lipinski definition) is 6. The molecule has 3 unspecified atom stereocenters. The number of carboxylic acids is 1. The number of amides is 2. The number of carboxylic acid groups (broad SMARTS) is 1. The van der Waals surface area contributed by atoms with Crippen LogP contribution in [0.2, 0.25) is 0 Å². The molecule has 52 heavy (non-hydrogen) atoms. The molecule has 4 aliphatic rings. The highest BCUT2D eigenvalue weighted by Gasteiger charge is 2.69. The van der Waals surface area contributed by atoms with Crippen molar-refractivity contribution < 1.29 is 33.4 Å². The van der Waals surface area contributed by atoms with Crippen LogP contribution in [0.5, 0.6) is 11.5 Å². The van der Waals surface area contributed by atoms with E-state index in [1.807, 2.05) is 37.4 Å². The molecule has 7 rings (SSSR count). The number of benzene rings is 2. The van der Waals surface area contributed by atoms with Crippen LogP contribution in [0, 0.1) is 17.8 Å². The fourth-order valence-electron chi connectivity index (χ4n) is 9.22. The largest absolute Gasteiger partial charge is 0.496 e. The molecule has 0 saturated heterocycles. The van der Waals surface area contributed by atoms with E-state index in [0.717, 1.165) is 55.1 Å². The van der Waals surface area contributed by atoms with Gasteiger partial charge in [0.15, 0.2) is 11.2 Å². The van der Waals surface area contributed by atoms with Crippen LogP contribution in [0.3, 0.4) is 0 Å². The fraction of sp³-hybridized carbons (Fsp3) is 0.550. The van der Waals surface area contributed by atoms with Gasteiger partial charge in [-0.1, -0.05) is 42.5 Å². The highest BCUT2D eigenvalue weighted by molar-refractivity contribution is 14.1. The van der Waals surface area contributed by atoms with E-state index in [-0.39, 0.29) is 23.4 Å². The Hall–Kier alpha value is -3.65. The van der Waals surface area contributed by atoms with Gasteiger partial charge < -0.3 is 29.3 Å². The second-order valence-electron chi connectivity index (χ2n) is 16.5. The van der Waals surface area contributed by atoms with Crippen LogP contribution in [0.15, 0.2) is 42.5 Å². The van der Waals surface area contributed by atoms with E-state index in [1.165, 1.54) is 0 Å². The Morgan fingerprint density at radius 2 is 1.67 bits per heavy atom. The first kappa shape index (κ1) is 38.1. The number of carbonyl (C=O) groups excluding carboxylic acids is 2. The van der Waals surface area contributed by atoms with Crippen molar-refractivity contribution >= 4 is 40.4 Å². The molecule has 280 valence electrons. The predicted octanol–water partition coefficient (Wildman–Crippen LogP) is 6.42. The number of ether oxygens (including phenoxy) is 2. The van der Waals surface area contributed by atoms with Gasteiger partial charge in [0.05, 0.1) is 62.3 Å². The molecule has 4 bridgehead atoms. The van der Waals surface area contributed by atoms with E-state index >= 15 is 0 Å². The van der Waals surface area contributed by atoms with Gasteiger partial charge in [-0.15, -0.1) is 0 Å². The van der Waals surface area contributed by atoms with Gasteiger partial charge in [0.1, 0.15) is 11.5 Å². The van der Waals surface area contributed by atoms with Crippen molar-refractivity contribution in [2.24, 2.45) is 17.8 Å². The summed E-state index contributed by atoms with van der Waals surface area (Å²) in [7, 11) is 11.4. The number of carbonyl (C=O) groups is 3. The summed E-state index contributed by atoms with van der Waals surface area (Å²) >= 11 is 2.35. The second kappa shape index (κ2) is 14.3. The van der Waals surface area contributed by atoms with Crippen molar-refractivity contribution in [3.05, 3.63) is 59.3 Å². The molecular weight excluding hydrogens is 773 g/mol. The van der Waals surface area contributed by atoms with Crippen molar-refractivity contribution in [3.63, 3.8) is 0 Å². The average molecular weight is 827 g/mol. The first-order chi connectivity index (χ1) is 24.5. The zero-order valence-electron chi connectivity index (χ0n) is 31.7. The van der Waals surface area contributed by atoms with Crippen LogP contribution in [0.4, 0.5) is 0 Å². The Labute approximate surface area is 320 Å². The maximum absolute atomic E-state index is 14.4. The fourth-order valence-corrected chi connectivity index (χ4v) is 11.3. The summed E-state index contributed by atoms with van der Waals surface area (Å²) < 4.78 is 13.6. The number of quaternary nitrogens is 1. The van der Waals surface area contributed by atoms with Gasteiger partial charge in [0.25, 0.3) is 11.8 Å². The minimum atomic E-state index is -1.40. The van der Waals surface area contributed by atoms with E-state index in [0.29, 0.717) is 52.4 Å². The molecule has 2 N–H and O–H groups in total. The van der Waals surface area contributed by atoms with E-state index in [2.05, 4.69) is 62.9 Å². The Morgan fingerprint density at radius 1 is 1.04 bits per heavy atom. The number of aromatic nitrogens is 2. The van der Waals surface area contributed by atoms with Crippen molar-refractivity contribution in [1.29, 1.82) is 0 Å². The molecule has 4 fully saturated rings. The zero-order valence-corrected chi connectivity index (χ0v) is 33.8. The third-order valence-electron chi connectivity index (χ3n) is 11.5. The zero-order chi connectivity index (χ0) is 37.7. The summed E-state index contributed by atoms with van der Waals surface area (Å²) in [4.78, 5) is 43.2. The molecule has 2 amide bonds. The Balaban J connectivity index is 1.43. The molecule has 4 saturated carbocycles. The highest BCUT2D eigenvalue weighted by atomic mass is 127. The van der Waals surface area contributed by atoms with Crippen molar-refractivity contribution in [2.45, 2.75) is 67.3 Å². The monoisotopic (exact) mass is 826 g/mol. The van der Waals surface area contributed by atoms with E-state index in [9.17, 15) is 19.5 Å². The van der Waals surface area contributed by atoms with Crippen LogP contribution in [-0.4, -0.2) is 107 Å². The number of rotatable bonds is 13. The molecule has 1 heterocycles. The molecule has 3 aromatic rings. The van der Waals surface area contributed by atoms with Gasteiger partial charge in [-0.3, -0.25) is 9.59 Å². The Kier molecular flexibility index (Phi) is 10.5. The Morgan fingerprint density at radius 3 is 2.21 bits per heavy atom. The van der Waals surface area contributed by atoms with Crippen molar-refractivity contribution in [3.8, 4) is 28.4 Å². The van der Waals surface area contributed by atoms with Crippen LogP contribution in [0.25, 0.3) is 16.9 Å². The molecule has 2 aromatic carbocycles. The first-order valence-corrected chi connectivity index (χ1v) is 19.4. The van der Waals surface area contributed by atoms with Gasteiger partial charge in [-0.2, -0.15) is 5.10 Å². The molecule has 3 atom stereocenters. The molecule has 11 nitrogen and oxygen atoms in total. The molecule has 4 aliphatic carbocycles. The molecule has 1 aromatic heterocycles. The van der Waals surface area contributed by atoms with Gasteiger partial charge in [0, 0.05) is 25.6 Å². The summed E-state index contributed by atoms with van der Waals surface area (Å²) in [5.41, 5.74) is 1.95. The SMILES string of the molecule is COc1cccc(OC)c1-c1cc(C(=O)NC2(C(=O)O)C3CC4CC(C3)CC2(I)C4)nn1-c1ccc(C(=O)N(C)CCC[N+](C)(C)C)cc1C(C)C. The number of alkyl halides is 1. The van der Waals surface area contributed by atoms with Gasteiger partial charge in [-0.25, -0.2) is 9.48 Å². The molecule has 0 aliphatic heterocycles. The van der Waals surface area contributed by atoms with Crippen molar-refractivity contribution in [2.75, 3.05) is 55.5 Å². The number of nitrogens with zero attached hydrogens (tertiary/aromatic N) is 4. The lowest BCUT2D eigenvalue weighted by Crippen LogP contribution is -2.76. The maximum Gasteiger partial charge on any atom is 0.331 e. The quantitative estimate of drug-likeness (QED) is 0.116. The third-order valence-corrected chi connectivity index (χ3v) is 13.2. The first-order valence-electron chi connectivity index (χ1n) is 18.3. The summed E-state index contributed by atoms with van der Waals surface area (Å²) in [5.74, 6) is 0.306. The lowest BCUT2D eigenvalue weighted by atomic mass is 9.48. The third kappa shape index (κ3) is 6.81. The molecule has 0 radical (unpaired) electrons. The number of methoxy groups -OCH3 is 2. The van der Waals surface area contributed by atoms with Crippen LogP contribution in [-0.2, 0) is 4.79 Å². The number of nitrogens with one attached hydrogen (secondary N) is 1. The number of hydrogen-bond donors (Lipinski definition) is 2. The minimum absolute atomic E-state index is 0.0117. The van der Waals surface area contributed by atoms with Crippen LogP contribution in [0.1, 0.15) is 84.7 Å². The smallest absolute Gasteiger partial charge is 0.331 e. The minimum Gasteiger partial charge on any atom is -0.496 e. The lowest BCUT2D eigenvalue weighted by Gasteiger charge is -2.63. The van der Waals surface area contributed by atoms with Crippen molar-refractivity contribution in [1.82, 2.24) is 20.0 Å². The average Bonchev–Trinajstić information content (AvgIpc) is 3.52. The second-order valence-corrected chi connectivity index (χ2v) is 18.5. The standard InChI is InChI=1S/C40H52IN5O6/c1-24(2)29-20-27(37(48)44(3)15-10-16-46(4,5)6)13-14-31(29)45-32(35-33(51-7)11-9-12-34(35)52-8)21-30(43-45)36(47)42-40(38(49)50)28-18-25-17-26(19-28)23-39(40,41)22-25/h9,11-14,20-21,24-26,28H,10,15-19,22-23H2,1-8H3,(H-,42,47,49,50)/p+1. The van der Waals surface area contributed by atoms with E-state index in [1.54, 1.807) is 35.9 Å². The normalized spacial score (nSPS) is 24.9. The summed E-state index contributed by atoms with van der Waals surface area (Å²) in [5, 5.41) is 18.9. The van der Waals surface area contributed by atoms with E-state index in [4.69, 9.17) is 14.6 Å². The molecular formula is C40H53IN5O6+. The molecule has 0 spiro atoms. The maximum atomic E-state index is 14.4. The summed E-state index contributed by atoms with van der Waals surface area (Å²) in [6.07, 6.45) is 5.19. The summed E-state index contributed by atoms with van der Waals surface area (Å²) in [6, 6.07) is 12.8. The van der Waals surface area contributed by atoms with Crippen LogP contribution < -0.4 is 14.8 Å². The van der Waals surface area contributed by atoms with Gasteiger partial charge in [0.2, 0.25) is 0 Å². The van der Waals surface area contributed by atoms with E-state index < -0.39 is 20.8 Å². The van der Waals surface area contributed by atoms with Gasteiger partial charge >= 0.3 is 5.97 Å². The highest BCUT2D eigenvalue weighted by Crippen LogP contribution is 2.64. The number of halogens is 1. The van der Waals surface area contributed by atoms with Crippen LogP contribution >= 0.6 is 22.6 Å². The van der Waals surface area contributed by atoms with Gasteiger partial charge in [-0.05, 0) is 97.7 Å². The lowest BCUT2D eigenvalue weighted by molar-refractivity contribution is -0.870. The summed E-state index contributed by atoms with van der Waals surface area (Å²) in [6.45, 7) is 5.70. The number of aliphatic carboxylic acids is 1. The Bertz CT molecular complexity index is 1830. The topological polar surface area (TPSA) is 123 Å². The molecule has 12 heteroatoms.